The molecule has 0 spiro atoms. The van der Waals surface area contributed by atoms with E-state index >= 15 is 0 Å². The number of nitrogens with zero attached hydrogens (tertiary/aromatic N) is 3. The first-order valence-corrected chi connectivity index (χ1v) is 15.2. The van der Waals surface area contributed by atoms with E-state index in [4.69, 9.17) is 0 Å². The molecule has 214 valence electrons. The molecular weight excluding hydrogens is 546 g/mol. The Morgan fingerprint density at radius 3 is 2.57 bits per heavy atom. The number of hydrogen-bond acceptors (Lipinski definition) is 6. The van der Waals surface area contributed by atoms with Gasteiger partial charge in [-0.15, -0.1) is 11.3 Å². The molecule has 0 unspecified atom stereocenters. The maximum Gasteiger partial charge on any atom is 0.261 e. The molecule has 9 heteroatoms. The molecule has 0 bridgehead atoms. The van der Waals surface area contributed by atoms with Gasteiger partial charge in [-0.05, 0) is 79.8 Å². The molecule has 4 aromatic rings. The molecule has 6 rings (SSSR count). The third-order valence-electron chi connectivity index (χ3n) is 7.58. The zero-order chi connectivity index (χ0) is 29.2. The van der Waals surface area contributed by atoms with Crippen LogP contribution in [0.1, 0.15) is 62.1 Å². The Balaban J connectivity index is 1.20. The summed E-state index contributed by atoms with van der Waals surface area (Å²) < 4.78 is 0. The fourth-order valence-corrected chi connectivity index (χ4v) is 6.42. The number of nitrogens with one attached hydrogen (secondary N) is 2. The van der Waals surface area contributed by atoms with Crippen LogP contribution in [0.3, 0.4) is 0 Å². The molecule has 0 saturated heterocycles. The van der Waals surface area contributed by atoms with Gasteiger partial charge in [0.2, 0.25) is 0 Å². The predicted molar refractivity (Wildman–Crippen MR) is 168 cm³/mol. The minimum atomic E-state index is -0.252. The highest BCUT2D eigenvalue weighted by Gasteiger charge is 2.29. The second-order valence-corrected chi connectivity index (χ2v) is 11.8. The summed E-state index contributed by atoms with van der Waals surface area (Å²) in [6.07, 6.45) is 5.37. The topological polar surface area (TPSA) is 94.6 Å². The minimum Gasteiger partial charge on any atom is -0.359 e. The summed E-state index contributed by atoms with van der Waals surface area (Å²) in [4.78, 5) is 49.6. The van der Waals surface area contributed by atoms with E-state index in [9.17, 15) is 14.4 Å². The van der Waals surface area contributed by atoms with Crippen LogP contribution in [0.5, 0.6) is 0 Å². The van der Waals surface area contributed by atoms with Gasteiger partial charge in [-0.25, -0.2) is 4.98 Å². The molecule has 1 fully saturated rings. The number of carbonyl (C=O) groups excluding carboxylic acids is 3. The summed E-state index contributed by atoms with van der Waals surface area (Å²) in [5.41, 5.74) is 4.49. The summed E-state index contributed by atoms with van der Waals surface area (Å²) in [7, 11) is 1.92. The first kappa shape index (κ1) is 27.7. The minimum absolute atomic E-state index is 0.0131. The summed E-state index contributed by atoms with van der Waals surface area (Å²) in [5, 5.41) is 6.02. The molecule has 2 aromatic heterocycles. The lowest BCUT2D eigenvalue weighted by Crippen LogP contribution is -2.32. The van der Waals surface area contributed by atoms with Gasteiger partial charge in [-0.3, -0.25) is 14.4 Å². The van der Waals surface area contributed by atoms with Crippen LogP contribution < -0.4 is 20.4 Å². The van der Waals surface area contributed by atoms with E-state index in [1.165, 1.54) is 11.3 Å². The molecule has 1 saturated carbocycles. The Morgan fingerprint density at radius 2 is 1.81 bits per heavy atom. The number of hydrogen-bond donors (Lipinski definition) is 2. The quantitative estimate of drug-likeness (QED) is 0.267. The number of anilines is 3. The van der Waals surface area contributed by atoms with Crippen LogP contribution in [0, 0.1) is 0 Å². The number of para-hydroxylation sites is 1. The Kier molecular flexibility index (Phi) is 7.75. The summed E-state index contributed by atoms with van der Waals surface area (Å²) in [6.45, 7) is 3.37. The molecule has 42 heavy (non-hydrogen) atoms. The zero-order valence-electron chi connectivity index (χ0n) is 23.7. The lowest BCUT2D eigenvalue weighted by Gasteiger charge is -2.23. The van der Waals surface area contributed by atoms with E-state index in [-0.39, 0.29) is 17.7 Å². The van der Waals surface area contributed by atoms with E-state index in [2.05, 4.69) is 22.5 Å². The number of fused-ring (bicyclic) bond motifs is 3. The van der Waals surface area contributed by atoms with Gasteiger partial charge in [0.15, 0.2) is 0 Å². The third kappa shape index (κ3) is 5.65. The van der Waals surface area contributed by atoms with Crippen molar-refractivity contribution in [1.82, 2.24) is 10.3 Å². The summed E-state index contributed by atoms with van der Waals surface area (Å²) >= 11 is 1.49. The maximum absolute atomic E-state index is 13.8. The normalized spacial score (nSPS) is 13.9. The van der Waals surface area contributed by atoms with Crippen LogP contribution >= 0.6 is 11.3 Å². The van der Waals surface area contributed by atoms with Crippen LogP contribution in [-0.2, 0) is 6.42 Å². The van der Waals surface area contributed by atoms with Crippen molar-refractivity contribution in [2.24, 2.45) is 0 Å². The van der Waals surface area contributed by atoms with E-state index in [1.54, 1.807) is 42.6 Å². The third-order valence-corrected chi connectivity index (χ3v) is 8.79. The van der Waals surface area contributed by atoms with Gasteiger partial charge in [0.25, 0.3) is 17.7 Å². The van der Waals surface area contributed by atoms with Gasteiger partial charge >= 0.3 is 0 Å². The van der Waals surface area contributed by atoms with E-state index in [1.807, 2.05) is 47.2 Å². The fraction of sp³-hybridized carbons (Fsp3) is 0.273. The number of benzene rings is 2. The molecule has 2 aromatic carbocycles. The molecule has 3 amide bonds. The SMILES string of the molecule is CCCN(C)c1ncccc1C(=O)Nc1ccc(C(=O)N2CCc3cc(C(=O)NC4CC4)sc3-c3ccccc32)cc1. The molecular formula is C33H33N5O3S. The average Bonchev–Trinajstić information content (AvgIpc) is 3.75. The lowest BCUT2D eigenvalue weighted by molar-refractivity contribution is 0.0952. The first-order valence-electron chi connectivity index (χ1n) is 14.4. The largest absolute Gasteiger partial charge is 0.359 e. The van der Waals surface area contributed by atoms with Gasteiger partial charge < -0.3 is 20.4 Å². The van der Waals surface area contributed by atoms with Gasteiger partial charge in [-0.1, -0.05) is 25.1 Å². The van der Waals surface area contributed by atoms with Crippen LogP contribution in [0.4, 0.5) is 17.2 Å². The van der Waals surface area contributed by atoms with Gasteiger partial charge in [0, 0.05) is 54.1 Å². The molecule has 2 aliphatic rings. The molecule has 1 aliphatic carbocycles. The highest BCUT2D eigenvalue weighted by Crippen LogP contribution is 2.42. The molecule has 3 heterocycles. The Labute approximate surface area is 249 Å². The molecule has 2 N–H and O–H groups in total. The summed E-state index contributed by atoms with van der Waals surface area (Å²) in [5.74, 6) is 0.254. The van der Waals surface area contributed by atoms with Crippen LogP contribution in [-0.4, -0.2) is 48.9 Å². The van der Waals surface area contributed by atoms with Crippen molar-refractivity contribution in [3.63, 3.8) is 0 Å². The standard InChI is InChI=1S/C33H33N5O3S/c1-3-18-37(2)30-26(8-6-17-34-30)31(39)35-23-12-10-21(11-13-23)33(41)38-19-16-22-20-28(32(40)36-24-14-15-24)42-29(22)25-7-4-5-9-27(25)38/h4-13,17,20,24H,3,14-16,18-19H2,1-2H3,(H,35,39)(H,36,40). The molecule has 1 aliphatic heterocycles. The predicted octanol–water partition coefficient (Wildman–Crippen LogP) is 6.00. The molecule has 0 atom stereocenters. The lowest BCUT2D eigenvalue weighted by atomic mass is 10.1. The fourth-order valence-electron chi connectivity index (χ4n) is 5.27. The number of aromatic nitrogens is 1. The summed E-state index contributed by atoms with van der Waals surface area (Å²) in [6, 6.07) is 20.7. The maximum atomic E-state index is 13.8. The van der Waals surface area contributed by atoms with Crippen molar-refractivity contribution in [3.8, 4) is 10.4 Å². The first-order chi connectivity index (χ1) is 20.4. The number of rotatable bonds is 8. The van der Waals surface area contributed by atoms with Gasteiger partial charge in [-0.2, -0.15) is 0 Å². The number of thiophene rings is 1. The molecule has 0 radical (unpaired) electrons. The Hall–Kier alpha value is -4.50. The number of pyridine rings is 1. The van der Waals surface area contributed by atoms with Crippen molar-refractivity contribution >= 4 is 46.3 Å². The smallest absolute Gasteiger partial charge is 0.261 e. The average molecular weight is 580 g/mol. The second kappa shape index (κ2) is 11.8. The van der Waals surface area contributed by atoms with Crippen molar-refractivity contribution in [2.45, 2.75) is 38.6 Å². The molecule has 8 nitrogen and oxygen atoms in total. The highest BCUT2D eigenvalue weighted by atomic mass is 32.1. The zero-order valence-corrected chi connectivity index (χ0v) is 24.5. The van der Waals surface area contributed by atoms with Crippen LogP contribution in [0.25, 0.3) is 10.4 Å². The van der Waals surface area contributed by atoms with Crippen LogP contribution in [0.2, 0.25) is 0 Å². The van der Waals surface area contributed by atoms with Crippen molar-refractivity contribution in [1.29, 1.82) is 0 Å². The van der Waals surface area contributed by atoms with Crippen LogP contribution in [0.15, 0.2) is 72.9 Å². The van der Waals surface area contributed by atoms with E-state index in [0.29, 0.717) is 41.6 Å². The Morgan fingerprint density at radius 1 is 1.02 bits per heavy atom. The monoisotopic (exact) mass is 579 g/mol. The van der Waals surface area contributed by atoms with E-state index in [0.717, 1.165) is 52.4 Å². The second-order valence-electron chi connectivity index (χ2n) is 10.8. The van der Waals surface area contributed by atoms with E-state index < -0.39 is 0 Å². The van der Waals surface area contributed by atoms with Crippen molar-refractivity contribution in [3.05, 3.63) is 94.5 Å². The highest BCUT2D eigenvalue weighted by molar-refractivity contribution is 7.17. The number of amides is 3. The Bertz CT molecular complexity index is 1640. The van der Waals surface area contributed by atoms with Gasteiger partial charge in [0.05, 0.1) is 16.1 Å². The van der Waals surface area contributed by atoms with Crippen molar-refractivity contribution < 1.29 is 14.4 Å². The number of carbonyl (C=O) groups is 3. The van der Waals surface area contributed by atoms with Gasteiger partial charge in [0.1, 0.15) is 5.82 Å². The van der Waals surface area contributed by atoms with Crippen molar-refractivity contribution in [2.75, 3.05) is 35.3 Å².